The van der Waals surface area contributed by atoms with Crippen molar-refractivity contribution in [3.63, 3.8) is 0 Å². The zero-order valence-corrected chi connectivity index (χ0v) is 10.5. The Kier molecular flexibility index (Phi) is 4.17. The molecule has 0 radical (unpaired) electrons. The molecule has 2 rings (SSSR count). The summed E-state index contributed by atoms with van der Waals surface area (Å²) in [5.74, 6) is 0.582. The maximum absolute atomic E-state index is 9.12. The average molecular weight is 228 g/mol. The molecule has 2 heteroatoms. The summed E-state index contributed by atoms with van der Waals surface area (Å²) in [7, 11) is 0. The fourth-order valence-corrected chi connectivity index (χ4v) is 2.74. The van der Waals surface area contributed by atoms with Crippen molar-refractivity contribution in [1.29, 1.82) is 5.26 Å². The van der Waals surface area contributed by atoms with Crippen LogP contribution in [0.5, 0.6) is 0 Å². The molecule has 2 nitrogen and oxygen atoms in total. The van der Waals surface area contributed by atoms with Crippen LogP contribution in [0.4, 0.5) is 0 Å². The summed E-state index contributed by atoms with van der Waals surface area (Å²) in [5.41, 5.74) is 2.12. The van der Waals surface area contributed by atoms with Crippen LogP contribution < -0.4 is 0 Å². The zero-order chi connectivity index (χ0) is 12.1. The predicted molar refractivity (Wildman–Crippen MR) is 69.9 cm³/mol. The standard InChI is InChI=1S/C15H20N2/c1-2-9-17-10-7-13(8-11-17)15-6-4-3-5-14(15)12-16/h3-6,13H,2,7-11H2,1H3. The molecule has 1 saturated heterocycles. The van der Waals surface area contributed by atoms with E-state index >= 15 is 0 Å². The number of likely N-dealkylation sites (tertiary alicyclic amines) is 1. The Morgan fingerprint density at radius 3 is 2.65 bits per heavy atom. The van der Waals surface area contributed by atoms with Crippen LogP contribution in [0.2, 0.25) is 0 Å². The predicted octanol–water partition coefficient (Wildman–Crippen LogP) is 3.15. The van der Waals surface area contributed by atoms with Gasteiger partial charge in [-0.15, -0.1) is 0 Å². The van der Waals surface area contributed by atoms with Crippen LogP contribution in [0, 0.1) is 11.3 Å². The quantitative estimate of drug-likeness (QED) is 0.794. The highest BCUT2D eigenvalue weighted by Gasteiger charge is 2.21. The highest BCUT2D eigenvalue weighted by molar-refractivity contribution is 5.39. The van der Waals surface area contributed by atoms with E-state index in [-0.39, 0.29) is 0 Å². The minimum atomic E-state index is 0.582. The van der Waals surface area contributed by atoms with E-state index in [9.17, 15) is 0 Å². The number of piperidine rings is 1. The van der Waals surface area contributed by atoms with Crippen LogP contribution in [0.1, 0.15) is 43.2 Å². The molecule has 1 aliphatic rings. The van der Waals surface area contributed by atoms with Gasteiger partial charge in [0.1, 0.15) is 0 Å². The van der Waals surface area contributed by atoms with Crippen LogP contribution in [-0.2, 0) is 0 Å². The lowest BCUT2D eigenvalue weighted by Crippen LogP contribution is -2.33. The molecule has 0 atom stereocenters. The zero-order valence-electron chi connectivity index (χ0n) is 10.5. The number of nitrogens with zero attached hydrogens (tertiary/aromatic N) is 2. The molecular weight excluding hydrogens is 208 g/mol. The van der Waals surface area contributed by atoms with Gasteiger partial charge >= 0.3 is 0 Å². The molecule has 0 bridgehead atoms. The fraction of sp³-hybridized carbons (Fsp3) is 0.533. The first-order valence-electron chi connectivity index (χ1n) is 6.56. The Bertz CT molecular complexity index is 398. The van der Waals surface area contributed by atoms with Crippen LogP contribution in [0.15, 0.2) is 24.3 Å². The highest BCUT2D eigenvalue weighted by atomic mass is 15.1. The summed E-state index contributed by atoms with van der Waals surface area (Å²) < 4.78 is 0. The van der Waals surface area contributed by atoms with Gasteiger partial charge < -0.3 is 4.90 Å². The molecule has 0 N–H and O–H groups in total. The molecule has 0 unspecified atom stereocenters. The summed E-state index contributed by atoms with van der Waals surface area (Å²) >= 11 is 0. The maximum atomic E-state index is 9.12. The minimum absolute atomic E-state index is 0.582. The normalized spacial score (nSPS) is 17.9. The third kappa shape index (κ3) is 2.87. The molecule has 0 spiro atoms. The van der Waals surface area contributed by atoms with E-state index in [0.29, 0.717) is 5.92 Å². The van der Waals surface area contributed by atoms with Crippen molar-refractivity contribution in [1.82, 2.24) is 4.90 Å². The molecule has 0 saturated carbocycles. The third-order valence-corrected chi connectivity index (χ3v) is 3.65. The van der Waals surface area contributed by atoms with Gasteiger partial charge in [-0.25, -0.2) is 0 Å². The smallest absolute Gasteiger partial charge is 0.0994 e. The third-order valence-electron chi connectivity index (χ3n) is 3.65. The second kappa shape index (κ2) is 5.84. The lowest BCUT2D eigenvalue weighted by molar-refractivity contribution is 0.212. The number of nitriles is 1. The highest BCUT2D eigenvalue weighted by Crippen LogP contribution is 2.29. The van der Waals surface area contributed by atoms with Crippen LogP contribution in [0.3, 0.4) is 0 Å². The van der Waals surface area contributed by atoms with Crippen molar-refractivity contribution < 1.29 is 0 Å². The van der Waals surface area contributed by atoms with Gasteiger partial charge in [0.2, 0.25) is 0 Å². The van der Waals surface area contributed by atoms with Crippen molar-refractivity contribution >= 4 is 0 Å². The monoisotopic (exact) mass is 228 g/mol. The average Bonchev–Trinajstić information content (AvgIpc) is 2.40. The summed E-state index contributed by atoms with van der Waals surface area (Å²) in [6, 6.07) is 10.4. The van der Waals surface area contributed by atoms with Gasteiger partial charge in [-0.3, -0.25) is 0 Å². The SMILES string of the molecule is CCCN1CCC(c2ccccc2C#N)CC1. The number of benzene rings is 1. The van der Waals surface area contributed by atoms with E-state index in [4.69, 9.17) is 5.26 Å². The van der Waals surface area contributed by atoms with Crippen molar-refractivity contribution in [3.8, 4) is 6.07 Å². The number of hydrogen-bond acceptors (Lipinski definition) is 2. The molecule has 1 aromatic rings. The Morgan fingerprint density at radius 2 is 2.00 bits per heavy atom. The minimum Gasteiger partial charge on any atom is -0.303 e. The van der Waals surface area contributed by atoms with Crippen LogP contribution >= 0.6 is 0 Å². The lowest BCUT2D eigenvalue weighted by Gasteiger charge is -2.32. The van der Waals surface area contributed by atoms with Crippen molar-refractivity contribution in [2.45, 2.75) is 32.1 Å². The fourth-order valence-electron chi connectivity index (χ4n) is 2.74. The molecule has 0 aliphatic carbocycles. The second-order valence-corrected chi connectivity index (χ2v) is 4.81. The molecule has 0 aromatic heterocycles. The Balaban J connectivity index is 2.03. The summed E-state index contributed by atoms with van der Waals surface area (Å²) in [4.78, 5) is 2.53. The van der Waals surface area contributed by atoms with Gasteiger partial charge in [-0.05, 0) is 56.4 Å². The van der Waals surface area contributed by atoms with Crippen molar-refractivity contribution in [3.05, 3.63) is 35.4 Å². The molecule has 0 amide bonds. The molecule has 1 aliphatic heterocycles. The maximum Gasteiger partial charge on any atom is 0.0994 e. The summed E-state index contributed by atoms with van der Waals surface area (Å²) in [6.45, 7) is 5.81. The van der Waals surface area contributed by atoms with E-state index < -0.39 is 0 Å². The number of rotatable bonds is 3. The van der Waals surface area contributed by atoms with E-state index in [2.05, 4.69) is 30.0 Å². The van der Waals surface area contributed by atoms with Gasteiger partial charge in [0.05, 0.1) is 11.6 Å². The van der Waals surface area contributed by atoms with Crippen molar-refractivity contribution in [2.24, 2.45) is 0 Å². The van der Waals surface area contributed by atoms with E-state index in [0.717, 1.165) is 5.56 Å². The Labute approximate surface area is 104 Å². The van der Waals surface area contributed by atoms with Crippen molar-refractivity contribution in [2.75, 3.05) is 19.6 Å². The van der Waals surface area contributed by atoms with Gasteiger partial charge in [-0.2, -0.15) is 5.26 Å². The summed E-state index contributed by atoms with van der Waals surface area (Å²) in [6.07, 6.45) is 3.62. The molecule has 1 aromatic carbocycles. The molecule has 1 heterocycles. The van der Waals surface area contributed by atoms with Crippen LogP contribution in [-0.4, -0.2) is 24.5 Å². The first kappa shape index (κ1) is 12.1. The van der Waals surface area contributed by atoms with Gasteiger partial charge in [0.25, 0.3) is 0 Å². The lowest BCUT2D eigenvalue weighted by atomic mass is 9.87. The Hall–Kier alpha value is -1.33. The van der Waals surface area contributed by atoms with Gasteiger partial charge in [0, 0.05) is 0 Å². The number of hydrogen-bond donors (Lipinski definition) is 0. The van der Waals surface area contributed by atoms with Gasteiger partial charge in [0.15, 0.2) is 0 Å². The molecule has 90 valence electrons. The first-order chi connectivity index (χ1) is 8.35. The van der Waals surface area contributed by atoms with Gasteiger partial charge in [-0.1, -0.05) is 25.1 Å². The largest absolute Gasteiger partial charge is 0.303 e. The van der Waals surface area contributed by atoms with Crippen LogP contribution in [0.25, 0.3) is 0 Å². The molecule has 17 heavy (non-hydrogen) atoms. The second-order valence-electron chi connectivity index (χ2n) is 4.81. The molecular formula is C15H20N2. The molecule has 1 fully saturated rings. The Morgan fingerprint density at radius 1 is 1.29 bits per heavy atom. The first-order valence-corrected chi connectivity index (χ1v) is 6.56. The topological polar surface area (TPSA) is 27.0 Å². The van der Waals surface area contributed by atoms with E-state index in [1.165, 1.54) is 44.5 Å². The summed E-state index contributed by atoms with van der Waals surface area (Å²) in [5, 5.41) is 9.12. The van der Waals surface area contributed by atoms with E-state index in [1.54, 1.807) is 0 Å². The van der Waals surface area contributed by atoms with E-state index in [1.807, 2.05) is 12.1 Å².